The molecule has 8 nitrogen and oxygen atoms in total. The summed E-state index contributed by atoms with van der Waals surface area (Å²) in [6.07, 6.45) is 2.48. The van der Waals surface area contributed by atoms with Crippen molar-refractivity contribution in [2.24, 2.45) is 5.92 Å². The molecule has 138 valence electrons. The molecular formula is C17H27N5O3. The molecule has 2 aliphatic heterocycles. The van der Waals surface area contributed by atoms with E-state index >= 15 is 0 Å². The lowest BCUT2D eigenvalue weighted by atomic mass is 10.1. The number of aryl methyl sites for hydroxylation is 1. The molecule has 1 aromatic rings. The fraction of sp³-hybridized carbons (Fsp3) is 0.824. The summed E-state index contributed by atoms with van der Waals surface area (Å²) in [5.41, 5.74) is 0. The van der Waals surface area contributed by atoms with Crippen LogP contribution in [0.2, 0.25) is 0 Å². The number of piperazine rings is 1. The number of hydrogen-bond acceptors (Lipinski definition) is 7. The summed E-state index contributed by atoms with van der Waals surface area (Å²) in [7, 11) is 0. The van der Waals surface area contributed by atoms with Gasteiger partial charge in [0.05, 0.1) is 32.3 Å². The second-order valence-corrected chi connectivity index (χ2v) is 7.35. The van der Waals surface area contributed by atoms with Crippen molar-refractivity contribution < 1.29 is 14.1 Å². The molecule has 1 aliphatic carbocycles. The van der Waals surface area contributed by atoms with Gasteiger partial charge in [-0.15, -0.1) is 0 Å². The Morgan fingerprint density at radius 1 is 1.16 bits per heavy atom. The van der Waals surface area contributed by atoms with Crippen molar-refractivity contribution >= 4 is 5.91 Å². The van der Waals surface area contributed by atoms with Gasteiger partial charge in [-0.05, 0) is 18.8 Å². The highest BCUT2D eigenvalue weighted by Gasteiger charge is 2.39. The number of amides is 1. The second-order valence-electron chi connectivity index (χ2n) is 7.35. The molecule has 1 amide bonds. The van der Waals surface area contributed by atoms with Crippen LogP contribution >= 0.6 is 0 Å². The molecule has 0 bridgehead atoms. The molecule has 3 heterocycles. The van der Waals surface area contributed by atoms with E-state index in [4.69, 9.17) is 9.26 Å². The number of carbonyl (C=O) groups is 1. The third kappa shape index (κ3) is 4.19. The molecule has 0 spiro atoms. The van der Waals surface area contributed by atoms with E-state index in [0.29, 0.717) is 44.2 Å². The smallest absolute Gasteiger partial charge is 0.237 e. The van der Waals surface area contributed by atoms with Gasteiger partial charge in [0.25, 0.3) is 0 Å². The Morgan fingerprint density at radius 2 is 1.92 bits per heavy atom. The second kappa shape index (κ2) is 7.39. The number of nitrogens with zero attached hydrogens (tertiary/aromatic N) is 5. The van der Waals surface area contributed by atoms with Crippen LogP contribution < -0.4 is 0 Å². The minimum atomic E-state index is 0.266. The quantitative estimate of drug-likeness (QED) is 0.748. The minimum Gasteiger partial charge on any atom is -0.377 e. The summed E-state index contributed by atoms with van der Waals surface area (Å²) in [6.45, 7) is 8.84. The van der Waals surface area contributed by atoms with Crippen molar-refractivity contribution in [1.29, 1.82) is 0 Å². The van der Waals surface area contributed by atoms with E-state index in [1.165, 1.54) is 12.8 Å². The fourth-order valence-electron chi connectivity index (χ4n) is 3.80. The summed E-state index contributed by atoms with van der Waals surface area (Å²) in [4.78, 5) is 23.7. The summed E-state index contributed by atoms with van der Waals surface area (Å²) < 4.78 is 10.6. The monoisotopic (exact) mass is 349 g/mol. The zero-order valence-corrected chi connectivity index (χ0v) is 14.9. The van der Waals surface area contributed by atoms with E-state index in [1.807, 2.05) is 0 Å². The lowest BCUT2D eigenvalue weighted by molar-refractivity contribution is -0.142. The molecule has 4 rings (SSSR count). The molecule has 0 radical (unpaired) electrons. The molecule has 25 heavy (non-hydrogen) atoms. The fourth-order valence-corrected chi connectivity index (χ4v) is 3.80. The molecule has 0 N–H and O–H groups in total. The third-order valence-corrected chi connectivity index (χ3v) is 5.41. The lowest BCUT2D eigenvalue weighted by Crippen LogP contribution is -2.55. The topological polar surface area (TPSA) is 74.9 Å². The molecule has 3 aliphatic rings. The minimum absolute atomic E-state index is 0.266. The molecular weight excluding hydrogens is 322 g/mol. The standard InChI is InChI=1S/C17H27N5O3/c1-13-18-16(19-25-13)10-20-4-6-21(7-5-20)11-17(23)22-8-9-24-12-15(22)14-2-3-14/h14-15H,2-12H2,1H3. The predicted octanol–water partition coefficient (Wildman–Crippen LogP) is 0.133. The van der Waals surface area contributed by atoms with Gasteiger partial charge in [0, 0.05) is 39.6 Å². The summed E-state index contributed by atoms with van der Waals surface area (Å²) >= 11 is 0. The van der Waals surface area contributed by atoms with Crippen LogP contribution in [0.5, 0.6) is 0 Å². The highest BCUT2D eigenvalue weighted by molar-refractivity contribution is 5.78. The Balaban J connectivity index is 1.24. The van der Waals surface area contributed by atoms with Crippen LogP contribution in [0.25, 0.3) is 0 Å². The van der Waals surface area contributed by atoms with Crippen LogP contribution in [-0.4, -0.2) is 89.3 Å². The highest BCUT2D eigenvalue weighted by Crippen LogP contribution is 2.36. The van der Waals surface area contributed by atoms with E-state index in [0.717, 1.165) is 38.5 Å². The maximum absolute atomic E-state index is 12.8. The third-order valence-electron chi connectivity index (χ3n) is 5.41. The highest BCUT2D eigenvalue weighted by atomic mass is 16.5. The largest absolute Gasteiger partial charge is 0.377 e. The summed E-state index contributed by atoms with van der Waals surface area (Å²) in [5.74, 6) is 2.28. The van der Waals surface area contributed by atoms with Crippen LogP contribution in [-0.2, 0) is 16.1 Å². The SMILES string of the molecule is Cc1nc(CN2CCN(CC(=O)N3CCOCC3C3CC3)CC2)no1. The van der Waals surface area contributed by atoms with Crippen molar-refractivity contribution in [1.82, 2.24) is 24.8 Å². The van der Waals surface area contributed by atoms with Gasteiger partial charge >= 0.3 is 0 Å². The lowest BCUT2D eigenvalue weighted by Gasteiger charge is -2.39. The average molecular weight is 349 g/mol. The van der Waals surface area contributed by atoms with Gasteiger partial charge in [0.1, 0.15) is 0 Å². The normalized spacial score (nSPS) is 26.1. The maximum Gasteiger partial charge on any atom is 0.237 e. The predicted molar refractivity (Wildman–Crippen MR) is 89.8 cm³/mol. The Hall–Kier alpha value is -1.51. The molecule has 1 unspecified atom stereocenters. The van der Waals surface area contributed by atoms with E-state index in [1.54, 1.807) is 6.92 Å². The van der Waals surface area contributed by atoms with Crippen LogP contribution in [0.4, 0.5) is 0 Å². The molecule has 3 fully saturated rings. The molecule has 0 aromatic carbocycles. The zero-order chi connectivity index (χ0) is 17.2. The number of carbonyl (C=O) groups excluding carboxylic acids is 1. The Morgan fingerprint density at radius 3 is 2.60 bits per heavy atom. The van der Waals surface area contributed by atoms with Crippen molar-refractivity contribution in [2.75, 3.05) is 52.5 Å². The Kier molecular flexibility index (Phi) is 5.00. The average Bonchev–Trinajstić information content (AvgIpc) is 3.39. The number of ether oxygens (including phenoxy) is 1. The first-order valence-corrected chi connectivity index (χ1v) is 9.30. The molecule has 1 aromatic heterocycles. The number of rotatable bonds is 5. The van der Waals surface area contributed by atoms with Gasteiger partial charge in [-0.25, -0.2) is 0 Å². The van der Waals surface area contributed by atoms with E-state index in [-0.39, 0.29) is 5.91 Å². The molecule has 2 saturated heterocycles. The molecule has 1 atom stereocenters. The first-order valence-electron chi connectivity index (χ1n) is 9.30. The first-order chi connectivity index (χ1) is 12.2. The Bertz CT molecular complexity index is 595. The molecule has 1 saturated carbocycles. The molecule has 8 heteroatoms. The van der Waals surface area contributed by atoms with Crippen LogP contribution in [0.1, 0.15) is 24.6 Å². The van der Waals surface area contributed by atoms with Crippen LogP contribution in [0, 0.1) is 12.8 Å². The van der Waals surface area contributed by atoms with E-state index in [9.17, 15) is 4.79 Å². The number of aromatic nitrogens is 2. The van der Waals surface area contributed by atoms with Gasteiger partial charge < -0.3 is 14.2 Å². The van der Waals surface area contributed by atoms with Gasteiger partial charge in [0.15, 0.2) is 5.82 Å². The van der Waals surface area contributed by atoms with Gasteiger partial charge in [0.2, 0.25) is 11.8 Å². The van der Waals surface area contributed by atoms with Crippen molar-refractivity contribution in [3.05, 3.63) is 11.7 Å². The van der Waals surface area contributed by atoms with Gasteiger partial charge in [-0.1, -0.05) is 5.16 Å². The number of morpholine rings is 1. The van der Waals surface area contributed by atoms with E-state index < -0.39 is 0 Å². The zero-order valence-electron chi connectivity index (χ0n) is 14.9. The summed E-state index contributed by atoms with van der Waals surface area (Å²) in [5, 5.41) is 3.96. The van der Waals surface area contributed by atoms with Crippen molar-refractivity contribution in [3.8, 4) is 0 Å². The number of hydrogen-bond donors (Lipinski definition) is 0. The van der Waals surface area contributed by atoms with Crippen LogP contribution in [0.3, 0.4) is 0 Å². The first kappa shape index (κ1) is 16.9. The van der Waals surface area contributed by atoms with Gasteiger partial charge in [-0.2, -0.15) is 4.98 Å². The van der Waals surface area contributed by atoms with Crippen molar-refractivity contribution in [3.63, 3.8) is 0 Å². The summed E-state index contributed by atoms with van der Waals surface area (Å²) in [6, 6.07) is 0.309. The van der Waals surface area contributed by atoms with Crippen LogP contribution in [0.15, 0.2) is 4.52 Å². The van der Waals surface area contributed by atoms with Crippen molar-refractivity contribution in [2.45, 2.75) is 32.4 Å². The maximum atomic E-state index is 12.8. The van der Waals surface area contributed by atoms with Gasteiger partial charge in [-0.3, -0.25) is 14.6 Å². The van der Waals surface area contributed by atoms with E-state index in [2.05, 4.69) is 24.8 Å². The Labute approximate surface area is 148 Å².